The summed E-state index contributed by atoms with van der Waals surface area (Å²) in [5, 5.41) is 0.798. The normalized spacial score (nSPS) is 13.9. The van der Waals surface area contributed by atoms with Crippen LogP contribution in [0.5, 0.6) is 0 Å². The monoisotopic (exact) mass is 416 g/mol. The molecule has 1 atom stereocenters. The first-order chi connectivity index (χ1) is 11.7. The number of hydrogen-bond acceptors (Lipinski definition) is 2. The van der Waals surface area contributed by atoms with Crippen LogP contribution >= 0.6 is 34.8 Å². The summed E-state index contributed by atoms with van der Waals surface area (Å²) < 4.78 is 26.1. The quantitative estimate of drug-likeness (QED) is 0.595. The minimum Gasteiger partial charge on any atom is -0.358 e. The molecular formula is C17H15Cl3N2O2S. The average Bonchev–Trinajstić information content (AvgIpc) is 2.88. The Kier molecular flexibility index (Phi) is 5.06. The minimum atomic E-state index is -3.87. The first-order valence-corrected chi connectivity index (χ1v) is 10.0. The molecule has 0 aliphatic rings. The van der Waals surface area contributed by atoms with Crippen LogP contribution in [0.25, 0.3) is 10.9 Å². The van der Waals surface area contributed by atoms with E-state index in [1.54, 1.807) is 18.2 Å². The molecule has 0 saturated heterocycles. The maximum atomic E-state index is 12.7. The number of hydrogen-bond donors (Lipinski definition) is 2. The summed E-state index contributed by atoms with van der Waals surface area (Å²) in [6.07, 6.45) is 0. The van der Waals surface area contributed by atoms with Crippen LogP contribution in [0.3, 0.4) is 0 Å². The van der Waals surface area contributed by atoms with Crippen LogP contribution < -0.4 is 4.72 Å². The van der Waals surface area contributed by atoms with Gasteiger partial charge in [0.05, 0.1) is 10.9 Å². The van der Waals surface area contributed by atoms with Gasteiger partial charge in [-0.1, -0.05) is 71.2 Å². The smallest absolute Gasteiger partial charge is 0.241 e. The highest BCUT2D eigenvalue weighted by molar-refractivity contribution is 7.89. The third-order valence-electron chi connectivity index (χ3n) is 3.89. The number of benzene rings is 2. The van der Waals surface area contributed by atoms with E-state index < -0.39 is 19.9 Å². The Hall–Kier alpha value is -1.24. The second kappa shape index (κ2) is 6.82. The fourth-order valence-corrected chi connectivity index (χ4v) is 4.72. The Labute approximate surface area is 161 Å². The Bertz CT molecular complexity index is 996. The molecule has 4 nitrogen and oxygen atoms in total. The number of aromatic amines is 1. The van der Waals surface area contributed by atoms with Crippen LogP contribution in [0.4, 0.5) is 0 Å². The van der Waals surface area contributed by atoms with Crippen molar-refractivity contribution in [1.29, 1.82) is 0 Å². The lowest BCUT2D eigenvalue weighted by Crippen LogP contribution is -2.36. The summed E-state index contributed by atoms with van der Waals surface area (Å²) in [5.74, 6) is 0. The van der Waals surface area contributed by atoms with E-state index in [1.165, 1.54) is 12.1 Å². The third-order valence-corrected chi connectivity index (χ3v) is 5.98. The van der Waals surface area contributed by atoms with Crippen molar-refractivity contribution in [3.8, 4) is 0 Å². The van der Waals surface area contributed by atoms with Gasteiger partial charge in [-0.2, -0.15) is 4.72 Å². The lowest BCUT2D eigenvalue weighted by molar-refractivity contribution is 0.558. The molecule has 0 aliphatic heterocycles. The van der Waals surface area contributed by atoms with Gasteiger partial charge < -0.3 is 4.98 Å². The molecule has 1 unspecified atom stereocenters. The zero-order valence-corrected chi connectivity index (χ0v) is 16.2. The SMILES string of the molecule is Cc1[nH]c2ccccc2c1C(NS(=O)(=O)c1ccccc1)C(Cl)(Cl)Cl. The van der Waals surface area contributed by atoms with Gasteiger partial charge in [0.2, 0.25) is 13.8 Å². The highest BCUT2D eigenvalue weighted by atomic mass is 35.6. The Balaban J connectivity index is 2.12. The zero-order chi connectivity index (χ0) is 18.2. The molecule has 0 radical (unpaired) electrons. The molecule has 3 rings (SSSR count). The summed E-state index contributed by atoms with van der Waals surface area (Å²) in [7, 11) is -3.87. The average molecular weight is 418 g/mol. The van der Waals surface area contributed by atoms with Crippen molar-refractivity contribution >= 4 is 55.7 Å². The molecule has 25 heavy (non-hydrogen) atoms. The van der Waals surface area contributed by atoms with Crippen molar-refractivity contribution < 1.29 is 8.42 Å². The van der Waals surface area contributed by atoms with Gasteiger partial charge in [-0.25, -0.2) is 8.42 Å². The van der Waals surface area contributed by atoms with Gasteiger partial charge >= 0.3 is 0 Å². The molecule has 0 fully saturated rings. The van der Waals surface area contributed by atoms with E-state index in [9.17, 15) is 8.42 Å². The van der Waals surface area contributed by atoms with Crippen molar-refractivity contribution in [3.05, 3.63) is 65.9 Å². The predicted molar refractivity (Wildman–Crippen MR) is 103 cm³/mol. The second-order valence-corrected chi connectivity index (χ2v) is 9.70. The lowest BCUT2D eigenvalue weighted by Gasteiger charge is -2.26. The molecular weight excluding hydrogens is 403 g/mol. The molecule has 8 heteroatoms. The first kappa shape index (κ1) is 18.5. The summed E-state index contributed by atoms with van der Waals surface area (Å²) in [4.78, 5) is 3.30. The van der Waals surface area contributed by atoms with Crippen molar-refractivity contribution in [2.45, 2.75) is 21.7 Å². The van der Waals surface area contributed by atoms with Crippen molar-refractivity contribution in [1.82, 2.24) is 9.71 Å². The number of aryl methyl sites for hydroxylation is 1. The summed E-state index contributed by atoms with van der Waals surface area (Å²) >= 11 is 18.4. The van der Waals surface area contributed by atoms with E-state index in [0.717, 1.165) is 16.6 Å². The van der Waals surface area contributed by atoms with Crippen LogP contribution in [-0.2, 0) is 10.0 Å². The molecule has 0 bridgehead atoms. The van der Waals surface area contributed by atoms with Crippen LogP contribution in [0.1, 0.15) is 17.3 Å². The van der Waals surface area contributed by atoms with Crippen LogP contribution in [0, 0.1) is 6.92 Å². The van der Waals surface area contributed by atoms with Gasteiger partial charge in [0.15, 0.2) is 0 Å². The van der Waals surface area contributed by atoms with E-state index in [2.05, 4.69) is 9.71 Å². The highest BCUT2D eigenvalue weighted by Gasteiger charge is 2.39. The van der Waals surface area contributed by atoms with Gasteiger partial charge in [-0.05, 0) is 25.1 Å². The van der Waals surface area contributed by atoms with Crippen molar-refractivity contribution in [2.75, 3.05) is 0 Å². The summed E-state index contributed by atoms with van der Waals surface area (Å²) in [6, 6.07) is 14.4. The maximum Gasteiger partial charge on any atom is 0.241 e. The molecule has 0 aliphatic carbocycles. The largest absolute Gasteiger partial charge is 0.358 e. The van der Waals surface area contributed by atoms with Crippen LogP contribution in [0.15, 0.2) is 59.5 Å². The van der Waals surface area contributed by atoms with Gasteiger partial charge in [-0.15, -0.1) is 0 Å². The van der Waals surface area contributed by atoms with Gasteiger partial charge in [0, 0.05) is 22.2 Å². The molecule has 0 saturated carbocycles. The van der Waals surface area contributed by atoms with Gasteiger partial charge in [0.25, 0.3) is 0 Å². The van der Waals surface area contributed by atoms with E-state index in [0.29, 0.717) is 5.56 Å². The number of nitrogens with one attached hydrogen (secondary N) is 2. The molecule has 132 valence electrons. The summed E-state index contributed by atoms with van der Waals surface area (Å²) in [6.45, 7) is 1.82. The molecule has 1 heterocycles. The number of para-hydroxylation sites is 1. The van der Waals surface area contributed by atoms with E-state index in [-0.39, 0.29) is 4.90 Å². The van der Waals surface area contributed by atoms with Gasteiger partial charge in [-0.3, -0.25) is 0 Å². The predicted octanol–water partition coefficient (Wildman–Crippen LogP) is 4.87. The number of aromatic nitrogens is 1. The fourth-order valence-electron chi connectivity index (χ4n) is 2.78. The molecule has 2 aromatic carbocycles. The summed E-state index contributed by atoms with van der Waals surface area (Å²) in [5.41, 5.74) is 2.18. The Morgan fingerprint density at radius 3 is 2.24 bits per heavy atom. The van der Waals surface area contributed by atoms with E-state index in [1.807, 2.05) is 31.2 Å². The van der Waals surface area contributed by atoms with Crippen molar-refractivity contribution in [3.63, 3.8) is 0 Å². The number of sulfonamides is 1. The highest BCUT2D eigenvalue weighted by Crippen LogP contribution is 2.44. The van der Waals surface area contributed by atoms with E-state index in [4.69, 9.17) is 34.8 Å². The molecule has 2 N–H and O–H groups in total. The standard InChI is InChI=1S/C17H15Cl3N2O2S/c1-11-15(13-9-5-6-10-14(13)21-11)16(17(18,19)20)22-25(23,24)12-7-3-2-4-8-12/h2-10,16,21-22H,1H3. The molecule has 0 amide bonds. The van der Waals surface area contributed by atoms with Gasteiger partial charge in [0.1, 0.15) is 0 Å². The Morgan fingerprint density at radius 2 is 1.60 bits per heavy atom. The first-order valence-electron chi connectivity index (χ1n) is 7.41. The minimum absolute atomic E-state index is 0.103. The lowest BCUT2D eigenvalue weighted by atomic mass is 10.0. The molecule has 0 spiro atoms. The Morgan fingerprint density at radius 1 is 1.00 bits per heavy atom. The molecule has 1 aromatic heterocycles. The number of halogens is 3. The number of alkyl halides is 3. The van der Waals surface area contributed by atoms with Crippen LogP contribution in [-0.4, -0.2) is 17.2 Å². The third kappa shape index (κ3) is 3.81. The fraction of sp³-hybridized carbons (Fsp3) is 0.176. The number of fused-ring (bicyclic) bond motifs is 1. The molecule has 3 aromatic rings. The van der Waals surface area contributed by atoms with Crippen LogP contribution in [0.2, 0.25) is 0 Å². The number of rotatable bonds is 4. The second-order valence-electron chi connectivity index (χ2n) is 5.62. The van der Waals surface area contributed by atoms with E-state index >= 15 is 0 Å². The maximum absolute atomic E-state index is 12.7. The number of H-pyrrole nitrogens is 1. The van der Waals surface area contributed by atoms with Crippen molar-refractivity contribution in [2.24, 2.45) is 0 Å². The zero-order valence-electron chi connectivity index (χ0n) is 13.1. The topological polar surface area (TPSA) is 62.0 Å².